The molecule has 2 unspecified atom stereocenters. The Hall–Kier alpha value is -1.63. The molecule has 0 aromatic carbocycles. The molecule has 37 heavy (non-hydrogen) atoms. The summed E-state index contributed by atoms with van der Waals surface area (Å²) in [5.41, 5.74) is 5.59. The highest BCUT2D eigenvalue weighted by atomic mass is 16.5. The van der Waals surface area contributed by atoms with Crippen molar-refractivity contribution in [2.75, 3.05) is 32.8 Å². The highest BCUT2D eigenvalue weighted by Crippen LogP contribution is 2.20. The van der Waals surface area contributed by atoms with Gasteiger partial charge in [-0.25, -0.2) is 0 Å². The Morgan fingerprint density at radius 1 is 0.595 bits per heavy atom. The van der Waals surface area contributed by atoms with E-state index in [0.717, 1.165) is 77.0 Å². The van der Waals surface area contributed by atoms with E-state index in [9.17, 15) is 14.4 Å². The maximum atomic E-state index is 12.7. The van der Waals surface area contributed by atoms with Crippen molar-refractivity contribution in [3.05, 3.63) is 0 Å². The van der Waals surface area contributed by atoms with Crippen LogP contribution in [0.4, 0.5) is 0 Å². The van der Waals surface area contributed by atoms with E-state index in [4.69, 9.17) is 15.2 Å². The highest BCUT2D eigenvalue weighted by Gasteiger charge is 2.22. The summed E-state index contributed by atoms with van der Waals surface area (Å²) >= 11 is 0. The Morgan fingerprint density at radius 3 is 1.32 bits per heavy atom. The third-order valence-corrected chi connectivity index (χ3v) is 7.03. The molecule has 0 fully saturated rings. The van der Waals surface area contributed by atoms with Gasteiger partial charge < -0.3 is 20.1 Å². The molecular formula is C30H58N2O5. The van der Waals surface area contributed by atoms with Crippen LogP contribution in [0.15, 0.2) is 0 Å². The maximum Gasteiger partial charge on any atom is 0.308 e. The Labute approximate surface area is 227 Å². The minimum Gasteiger partial charge on any atom is -0.464 e. The lowest BCUT2D eigenvalue weighted by molar-refractivity contribution is -0.152. The van der Waals surface area contributed by atoms with E-state index in [1.54, 1.807) is 0 Å². The first-order valence-corrected chi connectivity index (χ1v) is 15.3. The number of hydrogen-bond donors (Lipinski definition) is 1. The average Bonchev–Trinajstić information content (AvgIpc) is 2.90. The molecule has 0 aliphatic carbocycles. The van der Waals surface area contributed by atoms with Gasteiger partial charge in [-0.2, -0.15) is 0 Å². The van der Waals surface area contributed by atoms with Crippen LogP contribution in [0.5, 0.6) is 0 Å². The molecular weight excluding hydrogens is 468 g/mol. The topological polar surface area (TPSA) is 98.9 Å². The summed E-state index contributed by atoms with van der Waals surface area (Å²) < 4.78 is 11.2. The summed E-state index contributed by atoms with van der Waals surface area (Å²) in [6.07, 6.45) is 16.6. The van der Waals surface area contributed by atoms with Crippen molar-refractivity contribution in [1.82, 2.24) is 4.90 Å². The van der Waals surface area contributed by atoms with Gasteiger partial charge in [0.05, 0.1) is 31.5 Å². The number of hydrogen-bond acceptors (Lipinski definition) is 6. The van der Waals surface area contributed by atoms with Gasteiger partial charge in [0.1, 0.15) is 13.2 Å². The predicted molar refractivity (Wildman–Crippen MR) is 151 cm³/mol. The van der Waals surface area contributed by atoms with Gasteiger partial charge in [-0.05, 0) is 25.7 Å². The van der Waals surface area contributed by atoms with Crippen molar-refractivity contribution in [2.45, 2.75) is 130 Å². The van der Waals surface area contributed by atoms with Crippen LogP contribution in [-0.2, 0) is 23.9 Å². The second-order valence-corrected chi connectivity index (χ2v) is 10.3. The molecule has 2 atom stereocenters. The third-order valence-electron chi connectivity index (χ3n) is 7.03. The van der Waals surface area contributed by atoms with Gasteiger partial charge in [0.15, 0.2) is 0 Å². The number of carbonyl (C=O) groups excluding carboxylic acids is 3. The van der Waals surface area contributed by atoms with Crippen LogP contribution < -0.4 is 5.73 Å². The number of nitrogens with zero attached hydrogens (tertiary/aromatic N) is 1. The molecule has 7 heteroatoms. The lowest BCUT2D eigenvalue weighted by Gasteiger charge is -2.23. The summed E-state index contributed by atoms with van der Waals surface area (Å²) in [6.45, 7) is 9.25. The molecule has 0 heterocycles. The summed E-state index contributed by atoms with van der Waals surface area (Å²) in [6, 6.07) is 0. The Bertz CT molecular complexity index is 542. The fourth-order valence-electron chi connectivity index (χ4n) is 4.54. The molecule has 218 valence electrons. The minimum atomic E-state index is -0.240. The molecule has 0 radical (unpaired) electrons. The van der Waals surface area contributed by atoms with Crippen LogP contribution in [0, 0.1) is 11.8 Å². The number of amides is 1. The van der Waals surface area contributed by atoms with E-state index in [0.29, 0.717) is 0 Å². The molecule has 0 saturated heterocycles. The van der Waals surface area contributed by atoms with E-state index in [2.05, 4.69) is 27.7 Å². The smallest absolute Gasteiger partial charge is 0.308 e. The van der Waals surface area contributed by atoms with E-state index in [1.807, 2.05) is 0 Å². The van der Waals surface area contributed by atoms with Gasteiger partial charge in [0.2, 0.25) is 5.91 Å². The van der Waals surface area contributed by atoms with Gasteiger partial charge in [0.25, 0.3) is 0 Å². The zero-order valence-corrected chi connectivity index (χ0v) is 24.6. The van der Waals surface area contributed by atoms with Gasteiger partial charge in [-0.1, -0.05) is 105 Å². The summed E-state index contributed by atoms with van der Waals surface area (Å²) in [5, 5.41) is 0. The molecule has 0 rings (SSSR count). The summed E-state index contributed by atoms with van der Waals surface area (Å²) in [5.74, 6) is -0.726. The molecule has 0 aromatic heterocycles. The predicted octanol–water partition coefficient (Wildman–Crippen LogP) is 6.41. The Morgan fingerprint density at radius 2 is 0.973 bits per heavy atom. The van der Waals surface area contributed by atoms with Crippen LogP contribution in [-0.4, -0.2) is 55.6 Å². The molecule has 0 aliphatic rings. The molecule has 0 bridgehead atoms. The minimum absolute atomic E-state index is 0.0752. The first-order valence-electron chi connectivity index (χ1n) is 15.3. The van der Waals surface area contributed by atoms with E-state index < -0.39 is 0 Å². The first-order chi connectivity index (χ1) is 17.9. The largest absolute Gasteiger partial charge is 0.464 e. The van der Waals surface area contributed by atoms with E-state index >= 15 is 0 Å². The molecule has 0 aromatic rings. The fourth-order valence-corrected chi connectivity index (χ4v) is 4.54. The number of esters is 2. The highest BCUT2D eigenvalue weighted by molar-refractivity contribution is 5.78. The van der Waals surface area contributed by atoms with Gasteiger partial charge in [-0.15, -0.1) is 0 Å². The zero-order valence-electron chi connectivity index (χ0n) is 24.6. The second-order valence-electron chi connectivity index (χ2n) is 10.3. The number of carbonyl (C=O) groups is 3. The van der Waals surface area contributed by atoms with Crippen molar-refractivity contribution in [3.8, 4) is 0 Å². The fraction of sp³-hybridized carbons (Fsp3) is 0.900. The van der Waals surface area contributed by atoms with Crippen molar-refractivity contribution >= 4 is 17.8 Å². The maximum absolute atomic E-state index is 12.7. The normalized spacial score (nSPS) is 12.7. The molecule has 1 amide bonds. The van der Waals surface area contributed by atoms with Gasteiger partial charge in [-0.3, -0.25) is 14.4 Å². The van der Waals surface area contributed by atoms with Crippen LogP contribution in [0.2, 0.25) is 0 Å². The van der Waals surface area contributed by atoms with Gasteiger partial charge >= 0.3 is 11.9 Å². The van der Waals surface area contributed by atoms with E-state index in [-0.39, 0.29) is 62.5 Å². The average molecular weight is 527 g/mol. The number of nitrogens with two attached hydrogens (primary N) is 1. The summed E-state index contributed by atoms with van der Waals surface area (Å²) in [4.78, 5) is 39.3. The number of unbranched alkanes of at least 4 members (excludes halogenated alkanes) is 8. The number of ether oxygens (including phenoxy) is 2. The second kappa shape index (κ2) is 24.7. The van der Waals surface area contributed by atoms with Crippen LogP contribution >= 0.6 is 0 Å². The van der Waals surface area contributed by atoms with Gasteiger partial charge in [0, 0.05) is 0 Å². The lowest BCUT2D eigenvalue weighted by Crippen LogP contribution is -2.41. The van der Waals surface area contributed by atoms with Crippen LogP contribution in [0.25, 0.3) is 0 Å². The van der Waals surface area contributed by atoms with E-state index in [1.165, 1.54) is 30.6 Å². The van der Waals surface area contributed by atoms with Crippen molar-refractivity contribution < 1.29 is 23.9 Å². The summed E-state index contributed by atoms with van der Waals surface area (Å²) in [7, 11) is 0. The van der Waals surface area contributed by atoms with Crippen LogP contribution in [0.1, 0.15) is 130 Å². The quantitative estimate of drug-likeness (QED) is 0.109. The Balaban J connectivity index is 4.68. The first kappa shape index (κ1) is 35.4. The molecule has 2 N–H and O–H groups in total. The van der Waals surface area contributed by atoms with Crippen molar-refractivity contribution in [2.24, 2.45) is 17.6 Å². The monoisotopic (exact) mass is 526 g/mol. The zero-order chi connectivity index (χ0) is 27.7. The Kier molecular flexibility index (Phi) is 23.6. The molecule has 0 saturated carbocycles. The molecule has 0 spiro atoms. The van der Waals surface area contributed by atoms with Crippen LogP contribution in [0.3, 0.4) is 0 Å². The molecule has 0 aliphatic heterocycles. The standard InChI is InChI=1S/C30H58N2O5/c1-5-9-13-15-19-26(17-11-7-3)29(34)36-23-21-32(28(33)25-31)22-24-37-30(35)27(18-12-8-4)20-16-14-10-6-2/h26-27H,5-25,31H2,1-4H3. The van der Waals surface area contributed by atoms with Crippen molar-refractivity contribution in [3.63, 3.8) is 0 Å². The lowest BCUT2D eigenvalue weighted by atomic mass is 9.95. The SMILES string of the molecule is CCCCCCC(CCCC)C(=O)OCCN(CCOC(=O)C(CCCC)CCCCCC)C(=O)CN. The number of rotatable bonds is 25. The van der Waals surface area contributed by atoms with Crippen molar-refractivity contribution in [1.29, 1.82) is 0 Å². The molecule has 7 nitrogen and oxygen atoms in total. The third kappa shape index (κ3) is 18.3.